The number of aliphatic hydroxyl groups excluding tert-OH is 1. The minimum Gasteiger partial charge on any atom is -0.480 e. The molecule has 0 aliphatic carbocycles. The van der Waals surface area contributed by atoms with Crippen LogP contribution in [0.1, 0.15) is 23.0 Å². The first kappa shape index (κ1) is 12.2. The molecule has 0 spiro atoms. The molecule has 16 heavy (non-hydrogen) atoms. The van der Waals surface area contributed by atoms with Crippen molar-refractivity contribution < 1.29 is 19.8 Å². The Kier molecular flexibility index (Phi) is 3.62. The Morgan fingerprint density at radius 3 is 2.56 bits per heavy atom. The van der Waals surface area contributed by atoms with Gasteiger partial charge >= 0.3 is 5.97 Å². The number of aromatic amines is 1. The van der Waals surface area contributed by atoms with Gasteiger partial charge in [-0.2, -0.15) is 5.10 Å². The number of aryl methyl sites for hydroxylation is 1. The lowest BCUT2D eigenvalue weighted by molar-refractivity contribution is -0.141. The molecular weight excluding hydrogens is 214 g/mol. The summed E-state index contributed by atoms with van der Waals surface area (Å²) in [6.07, 6.45) is 0.125. The molecule has 1 aromatic heterocycles. The Morgan fingerprint density at radius 2 is 2.19 bits per heavy atom. The van der Waals surface area contributed by atoms with Gasteiger partial charge in [-0.05, 0) is 13.8 Å². The fraction of sp³-hybridized carbons (Fsp3) is 0.444. The van der Waals surface area contributed by atoms with Crippen molar-refractivity contribution in [2.75, 3.05) is 0 Å². The predicted octanol–water partition coefficient (Wildman–Crippen LogP) is -0.718. The first-order chi connectivity index (χ1) is 7.43. The second kappa shape index (κ2) is 4.75. The number of aromatic nitrogens is 2. The van der Waals surface area contributed by atoms with Gasteiger partial charge in [-0.15, -0.1) is 0 Å². The number of nitrogens with zero attached hydrogens (tertiary/aromatic N) is 1. The molecule has 4 N–H and O–H groups in total. The molecule has 0 unspecified atom stereocenters. The third-order valence-electron chi connectivity index (χ3n) is 2.11. The van der Waals surface area contributed by atoms with Gasteiger partial charge in [0.25, 0.3) is 5.91 Å². The van der Waals surface area contributed by atoms with Crippen LogP contribution in [0.3, 0.4) is 0 Å². The summed E-state index contributed by atoms with van der Waals surface area (Å²) in [6, 6.07) is -1.33. The molecular formula is C9H13N3O4. The summed E-state index contributed by atoms with van der Waals surface area (Å²) in [6.45, 7) is 2.93. The van der Waals surface area contributed by atoms with Crippen LogP contribution >= 0.6 is 0 Å². The number of carbonyl (C=O) groups excluding carboxylic acids is 1. The minimum atomic E-state index is -1.33. The van der Waals surface area contributed by atoms with Gasteiger partial charge in [0.15, 0.2) is 6.04 Å². The summed E-state index contributed by atoms with van der Waals surface area (Å²) >= 11 is 0. The van der Waals surface area contributed by atoms with Gasteiger partial charge in [0.05, 0.1) is 17.9 Å². The van der Waals surface area contributed by atoms with Crippen molar-refractivity contribution in [3.8, 4) is 0 Å². The summed E-state index contributed by atoms with van der Waals surface area (Å²) in [5.74, 6) is -1.87. The van der Waals surface area contributed by atoms with Crippen molar-refractivity contribution in [1.82, 2.24) is 15.5 Å². The predicted molar refractivity (Wildman–Crippen MR) is 53.9 cm³/mol. The van der Waals surface area contributed by atoms with Crippen LogP contribution in [0.25, 0.3) is 0 Å². The third kappa shape index (κ3) is 2.57. The summed E-state index contributed by atoms with van der Waals surface area (Å²) in [7, 11) is 0. The van der Waals surface area contributed by atoms with Crippen LogP contribution in [0, 0.1) is 6.92 Å². The standard InChI is InChI=1S/C9H13N3O4/c1-4-6(3-10-12-4)8(14)11-7(5(2)13)9(15)16/h3,5,7,13H,1-2H3,(H,10,12)(H,11,14)(H,15,16)/t5-,7+/m1/s1. The second-order valence-corrected chi connectivity index (χ2v) is 3.44. The van der Waals surface area contributed by atoms with Crippen LogP contribution in [-0.4, -0.2) is 44.4 Å². The summed E-state index contributed by atoms with van der Waals surface area (Å²) < 4.78 is 0. The summed E-state index contributed by atoms with van der Waals surface area (Å²) in [4.78, 5) is 22.3. The van der Waals surface area contributed by atoms with Gasteiger partial charge in [0, 0.05) is 5.69 Å². The van der Waals surface area contributed by atoms with E-state index in [1.165, 1.54) is 13.1 Å². The zero-order valence-corrected chi connectivity index (χ0v) is 8.89. The summed E-state index contributed by atoms with van der Waals surface area (Å²) in [5, 5.41) is 26.4. The van der Waals surface area contributed by atoms with Crippen molar-refractivity contribution in [3.63, 3.8) is 0 Å². The molecule has 7 nitrogen and oxygen atoms in total. The lowest BCUT2D eigenvalue weighted by atomic mass is 10.1. The van der Waals surface area contributed by atoms with E-state index in [4.69, 9.17) is 5.11 Å². The maximum atomic E-state index is 11.6. The molecule has 2 atom stereocenters. The van der Waals surface area contributed by atoms with Crippen LogP contribution in [0.15, 0.2) is 6.20 Å². The van der Waals surface area contributed by atoms with Gasteiger partial charge in [-0.1, -0.05) is 0 Å². The van der Waals surface area contributed by atoms with Gasteiger partial charge in [-0.25, -0.2) is 4.79 Å². The fourth-order valence-corrected chi connectivity index (χ4v) is 1.19. The van der Waals surface area contributed by atoms with Crippen molar-refractivity contribution in [1.29, 1.82) is 0 Å². The molecule has 0 saturated heterocycles. The normalized spacial score (nSPS) is 14.2. The number of aliphatic carboxylic acids is 1. The lowest BCUT2D eigenvalue weighted by Gasteiger charge is -2.16. The Morgan fingerprint density at radius 1 is 1.56 bits per heavy atom. The Hall–Kier alpha value is -1.89. The summed E-state index contributed by atoms with van der Waals surface area (Å²) in [5.41, 5.74) is 0.791. The topological polar surface area (TPSA) is 115 Å². The molecule has 0 aliphatic rings. The van der Waals surface area contributed by atoms with E-state index < -0.39 is 24.0 Å². The maximum absolute atomic E-state index is 11.6. The van der Waals surface area contributed by atoms with Gasteiger partial charge in [-0.3, -0.25) is 9.89 Å². The largest absolute Gasteiger partial charge is 0.480 e. The monoisotopic (exact) mass is 227 g/mol. The first-order valence-corrected chi connectivity index (χ1v) is 4.65. The zero-order chi connectivity index (χ0) is 12.3. The minimum absolute atomic E-state index is 0.256. The molecule has 1 heterocycles. The molecule has 7 heteroatoms. The number of hydrogen-bond donors (Lipinski definition) is 4. The number of amides is 1. The van der Waals surface area contributed by atoms with Crippen LogP contribution in [0.2, 0.25) is 0 Å². The van der Waals surface area contributed by atoms with E-state index in [0.717, 1.165) is 0 Å². The first-order valence-electron chi connectivity index (χ1n) is 4.65. The number of nitrogens with one attached hydrogen (secondary N) is 2. The average Bonchev–Trinajstić information content (AvgIpc) is 2.59. The van der Waals surface area contributed by atoms with Crippen LogP contribution in [0.5, 0.6) is 0 Å². The molecule has 0 bridgehead atoms. The molecule has 0 saturated carbocycles. The van der Waals surface area contributed by atoms with Crippen molar-refractivity contribution in [2.24, 2.45) is 0 Å². The SMILES string of the molecule is Cc1[nH]ncc1C(=O)N[C@H](C(=O)O)[C@@H](C)O. The van der Waals surface area contributed by atoms with Gasteiger partial charge in [0.2, 0.25) is 0 Å². The van der Waals surface area contributed by atoms with E-state index in [0.29, 0.717) is 5.69 Å². The Bertz CT molecular complexity index is 399. The molecule has 0 radical (unpaired) electrons. The number of carboxylic acid groups (broad SMARTS) is 1. The third-order valence-corrected chi connectivity index (χ3v) is 2.11. The van der Waals surface area contributed by atoms with E-state index >= 15 is 0 Å². The number of hydrogen-bond acceptors (Lipinski definition) is 4. The van der Waals surface area contributed by atoms with Crippen LogP contribution in [0.4, 0.5) is 0 Å². The van der Waals surface area contributed by atoms with E-state index in [2.05, 4.69) is 15.5 Å². The second-order valence-electron chi connectivity index (χ2n) is 3.44. The van der Waals surface area contributed by atoms with Gasteiger partial charge < -0.3 is 15.5 Å². The average molecular weight is 227 g/mol. The number of H-pyrrole nitrogens is 1. The Balaban J connectivity index is 2.77. The van der Waals surface area contributed by atoms with Crippen LogP contribution < -0.4 is 5.32 Å². The van der Waals surface area contributed by atoms with Crippen LogP contribution in [-0.2, 0) is 4.79 Å². The zero-order valence-electron chi connectivity index (χ0n) is 8.89. The number of carboxylic acids is 1. The number of carbonyl (C=O) groups is 2. The van der Waals surface area contributed by atoms with E-state index in [1.807, 2.05) is 0 Å². The van der Waals surface area contributed by atoms with Crippen molar-refractivity contribution in [2.45, 2.75) is 26.0 Å². The molecule has 1 amide bonds. The number of rotatable bonds is 4. The maximum Gasteiger partial charge on any atom is 0.328 e. The highest BCUT2D eigenvalue weighted by Crippen LogP contribution is 2.03. The molecule has 0 aliphatic heterocycles. The molecule has 1 aromatic rings. The van der Waals surface area contributed by atoms with E-state index in [-0.39, 0.29) is 5.56 Å². The number of aliphatic hydroxyl groups is 1. The van der Waals surface area contributed by atoms with Crippen molar-refractivity contribution in [3.05, 3.63) is 17.5 Å². The smallest absolute Gasteiger partial charge is 0.328 e. The van der Waals surface area contributed by atoms with Crippen molar-refractivity contribution >= 4 is 11.9 Å². The molecule has 0 fully saturated rings. The van der Waals surface area contributed by atoms with E-state index in [9.17, 15) is 14.7 Å². The van der Waals surface area contributed by atoms with Gasteiger partial charge in [0.1, 0.15) is 0 Å². The Labute approximate surface area is 91.5 Å². The molecule has 0 aromatic carbocycles. The fourth-order valence-electron chi connectivity index (χ4n) is 1.19. The molecule has 1 rings (SSSR count). The lowest BCUT2D eigenvalue weighted by Crippen LogP contribution is -2.47. The highest BCUT2D eigenvalue weighted by atomic mass is 16.4. The van der Waals surface area contributed by atoms with E-state index in [1.54, 1.807) is 6.92 Å². The molecule has 88 valence electrons. The highest BCUT2D eigenvalue weighted by Gasteiger charge is 2.26. The quantitative estimate of drug-likeness (QED) is 0.542. The highest BCUT2D eigenvalue weighted by molar-refractivity contribution is 5.97.